The first-order valence-electron chi connectivity index (χ1n) is 9.31. The van der Waals surface area contributed by atoms with Crippen LogP contribution in [0.25, 0.3) is 11.6 Å². The van der Waals surface area contributed by atoms with Gasteiger partial charge in [0.15, 0.2) is 15.5 Å². The summed E-state index contributed by atoms with van der Waals surface area (Å²) in [6.45, 7) is 1.74. The Morgan fingerprint density at radius 1 is 1.03 bits per heavy atom. The van der Waals surface area contributed by atoms with E-state index in [1.54, 1.807) is 66.3 Å². The molecule has 31 heavy (non-hydrogen) atoms. The van der Waals surface area contributed by atoms with Crippen LogP contribution >= 0.6 is 0 Å². The molecule has 0 aliphatic carbocycles. The van der Waals surface area contributed by atoms with Crippen LogP contribution in [-0.2, 0) is 26.1 Å². The molecule has 1 aromatic carbocycles. The first-order valence-corrected chi connectivity index (χ1v) is 11.1. The van der Waals surface area contributed by atoms with Gasteiger partial charge in [0.1, 0.15) is 0 Å². The normalized spacial score (nSPS) is 11.5. The number of rotatable bonds is 8. The molecule has 0 aliphatic heterocycles. The Morgan fingerprint density at radius 2 is 1.74 bits per heavy atom. The standard InChI is InChI=1S/C19H18N6O5S/c1-2-29-19(26)16-15(13-31(27,28)12-14-8-4-3-5-9-14)25(23-20-16)18-17(21-30-22-18)24-10-6-7-11-24/h3-11H,2,12-13H2,1H3. The van der Waals surface area contributed by atoms with Crippen molar-refractivity contribution < 1.29 is 22.6 Å². The fourth-order valence-corrected chi connectivity index (χ4v) is 4.48. The van der Waals surface area contributed by atoms with E-state index >= 15 is 0 Å². The van der Waals surface area contributed by atoms with Crippen LogP contribution in [0.4, 0.5) is 0 Å². The second-order valence-corrected chi connectivity index (χ2v) is 8.60. The lowest BCUT2D eigenvalue weighted by atomic mass is 10.2. The Morgan fingerprint density at radius 3 is 2.45 bits per heavy atom. The van der Waals surface area contributed by atoms with Crippen molar-refractivity contribution in [2.75, 3.05) is 6.61 Å². The molecule has 0 aliphatic rings. The molecule has 11 nitrogen and oxygen atoms in total. The van der Waals surface area contributed by atoms with Gasteiger partial charge in [0.25, 0.3) is 0 Å². The Hall–Kier alpha value is -3.80. The molecule has 0 spiro atoms. The van der Waals surface area contributed by atoms with Crippen molar-refractivity contribution in [2.45, 2.75) is 18.4 Å². The van der Waals surface area contributed by atoms with Crippen molar-refractivity contribution in [3.05, 3.63) is 71.8 Å². The number of sulfone groups is 1. The summed E-state index contributed by atoms with van der Waals surface area (Å²) in [6, 6.07) is 12.3. The molecule has 0 amide bonds. The van der Waals surface area contributed by atoms with Crippen molar-refractivity contribution in [1.29, 1.82) is 0 Å². The third-order valence-electron chi connectivity index (χ3n) is 4.32. The lowest BCUT2D eigenvalue weighted by molar-refractivity contribution is 0.0518. The van der Waals surface area contributed by atoms with Gasteiger partial charge in [-0.25, -0.2) is 17.8 Å². The van der Waals surface area contributed by atoms with Crippen LogP contribution in [0.15, 0.2) is 59.5 Å². The van der Waals surface area contributed by atoms with Crippen molar-refractivity contribution in [1.82, 2.24) is 29.9 Å². The van der Waals surface area contributed by atoms with E-state index in [0.717, 1.165) is 4.68 Å². The van der Waals surface area contributed by atoms with E-state index in [2.05, 4.69) is 20.6 Å². The highest BCUT2D eigenvalue weighted by atomic mass is 32.2. The minimum absolute atomic E-state index is 0.0125. The summed E-state index contributed by atoms with van der Waals surface area (Å²) in [4.78, 5) is 12.4. The molecule has 4 rings (SSSR count). The van der Waals surface area contributed by atoms with Gasteiger partial charge >= 0.3 is 5.97 Å². The zero-order chi connectivity index (χ0) is 21.8. The van der Waals surface area contributed by atoms with E-state index in [-0.39, 0.29) is 35.4 Å². The maximum absolute atomic E-state index is 12.9. The fraction of sp³-hybridized carbons (Fsp3) is 0.211. The molecule has 0 saturated carbocycles. The van der Waals surface area contributed by atoms with Crippen LogP contribution in [0, 0.1) is 0 Å². The van der Waals surface area contributed by atoms with Gasteiger partial charge in [-0.1, -0.05) is 35.5 Å². The molecular formula is C19H18N6O5S. The van der Waals surface area contributed by atoms with Gasteiger partial charge in [-0.05, 0) is 34.9 Å². The minimum Gasteiger partial charge on any atom is -0.461 e. The summed E-state index contributed by atoms with van der Waals surface area (Å²) in [6.07, 6.45) is 3.41. The summed E-state index contributed by atoms with van der Waals surface area (Å²) in [5.41, 5.74) is 0.425. The van der Waals surface area contributed by atoms with Crippen LogP contribution < -0.4 is 0 Å². The maximum atomic E-state index is 12.9. The van der Waals surface area contributed by atoms with E-state index in [4.69, 9.17) is 9.37 Å². The van der Waals surface area contributed by atoms with Gasteiger partial charge in [-0.15, -0.1) is 5.10 Å². The molecule has 0 saturated heterocycles. The number of hydrogen-bond acceptors (Lipinski definition) is 9. The van der Waals surface area contributed by atoms with Crippen LogP contribution in [0.5, 0.6) is 0 Å². The van der Waals surface area contributed by atoms with E-state index < -0.39 is 21.6 Å². The summed E-state index contributed by atoms with van der Waals surface area (Å²) >= 11 is 0. The molecule has 3 heterocycles. The predicted octanol–water partition coefficient (Wildman–Crippen LogP) is 1.73. The third kappa shape index (κ3) is 4.38. The molecule has 12 heteroatoms. The smallest absolute Gasteiger partial charge is 0.360 e. The monoisotopic (exact) mass is 442 g/mol. The molecule has 0 unspecified atom stereocenters. The zero-order valence-corrected chi connectivity index (χ0v) is 17.3. The molecule has 3 aromatic heterocycles. The Bertz CT molecular complexity index is 1280. The van der Waals surface area contributed by atoms with E-state index in [9.17, 15) is 13.2 Å². The maximum Gasteiger partial charge on any atom is 0.360 e. The number of carbonyl (C=O) groups is 1. The second kappa shape index (κ2) is 8.52. The highest BCUT2D eigenvalue weighted by molar-refractivity contribution is 7.89. The van der Waals surface area contributed by atoms with Gasteiger partial charge in [0, 0.05) is 12.4 Å². The summed E-state index contributed by atoms with van der Waals surface area (Å²) < 4.78 is 38.5. The highest BCUT2D eigenvalue weighted by Crippen LogP contribution is 2.21. The van der Waals surface area contributed by atoms with Crippen LogP contribution in [0.1, 0.15) is 28.7 Å². The van der Waals surface area contributed by atoms with Crippen molar-refractivity contribution in [2.24, 2.45) is 0 Å². The molecule has 0 N–H and O–H groups in total. The number of carbonyl (C=O) groups excluding carboxylic acids is 1. The average Bonchev–Trinajstić information content (AvgIpc) is 3.48. The number of nitrogens with zero attached hydrogens (tertiary/aromatic N) is 6. The van der Waals surface area contributed by atoms with E-state index in [1.807, 2.05) is 0 Å². The lowest BCUT2D eigenvalue weighted by Gasteiger charge is -2.08. The number of aromatic nitrogens is 6. The first-order chi connectivity index (χ1) is 15.0. The molecule has 4 aromatic rings. The molecule has 160 valence electrons. The van der Waals surface area contributed by atoms with Crippen molar-refractivity contribution >= 4 is 15.8 Å². The third-order valence-corrected chi connectivity index (χ3v) is 5.81. The van der Waals surface area contributed by atoms with Gasteiger partial charge in [-0.3, -0.25) is 0 Å². The predicted molar refractivity (Wildman–Crippen MR) is 107 cm³/mol. The Labute approximate surface area is 177 Å². The Kier molecular flexibility index (Phi) is 5.62. The van der Waals surface area contributed by atoms with Crippen LogP contribution in [0.2, 0.25) is 0 Å². The largest absolute Gasteiger partial charge is 0.461 e. The number of hydrogen-bond donors (Lipinski definition) is 0. The number of benzene rings is 1. The Balaban J connectivity index is 1.76. The van der Waals surface area contributed by atoms with Gasteiger partial charge < -0.3 is 9.30 Å². The SMILES string of the molecule is CCOC(=O)c1nnn(-c2nonc2-n2cccc2)c1CS(=O)(=O)Cc1ccccc1. The quantitative estimate of drug-likeness (QED) is 0.374. The van der Waals surface area contributed by atoms with Crippen LogP contribution in [0.3, 0.4) is 0 Å². The van der Waals surface area contributed by atoms with Crippen molar-refractivity contribution in [3.8, 4) is 11.6 Å². The summed E-state index contributed by atoms with van der Waals surface area (Å²) in [7, 11) is -3.70. The molecule has 0 atom stereocenters. The molecule has 0 radical (unpaired) electrons. The van der Waals surface area contributed by atoms with Gasteiger partial charge in [0.2, 0.25) is 11.6 Å². The van der Waals surface area contributed by atoms with Crippen molar-refractivity contribution in [3.63, 3.8) is 0 Å². The number of esters is 1. The van der Waals surface area contributed by atoms with Crippen LogP contribution in [-0.4, -0.2) is 50.9 Å². The zero-order valence-electron chi connectivity index (χ0n) is 16.5. The van der Waals surface area contributed by atoms with E-state index in [0.29, 0.717) is 5.56 Å². The fourth-order valence-electron chi connectivity index (χ4n) is 3.00. The second-order valence-electron chi connectivity index (χ2n) is 6.54. The van der Waals surface area contributed by atoms with Gasteiger partial charge in [-0.2, -0.15) is 4.68 Å². The lowest BCUT2D eigenvalue weighted by Crippen LogP contribution is -2.16. The first kappa shape index (κ1) is 20.5. The summed E-state index contributed by atoms with van der Waals surface area (Å²) in [5, 5.41) is 15.5. The summed E-state index contributed by atoms with van der Waals surface area (Å²) in [5.74, 6) is -1.17. The highest BCUT2D eigenvalue weighted by Gasteiger charge is 2.29. The number of ether oxygens (including phenoxy) is 1. The van der Waals surface area contributed by atoms with E-state index in [1.165, 1.54) is 0 Å². The molecule has 0 fully saturated rings. The van der Waals surface area contributed by atoms with Gasteiger partial charge in [0.05, 0.1) is 23.8 Å². The topological polar surface area (TPSA) is 135 Å². The molecular weight excluding hydrogens is 424 g/mol. The average molecular weight is 442 g/mol. The molecule has 0 bridgehead atoms. The minimum atomic E-state index is -3.70.